The fourth-order valence-electron chi connectivity index (χ4n) is 1.66. The standard InChI is InChI=1S/C11H14N2O/c1-8(14-12)6-9-7-13-11-5-3-2-4-10(9)11/h2-5,7-8,13H,6,12H2,1H3. The van der Waals surface area contributed by atoms with Gasteiger partial charge in [-0.25, -0.2) is 5.90 Å². The van der Waals surface area contributed by atoms with Crippen LogP contribution in [0.25, 0.3) is 10.9 Å². The van der Waals surface area contributed by atoms with Crippen molar-refractivity contribution in [3.8, 4) is 0 Å². The van der Waals surface area contributed by atoms with Crippen molar-refractivity contribution in [3.63, 3.8) is 0 Å². The van der Waals surface area contributed by atoms with Crippen molar-refractivity contribution in [1.29, 1.82) is 0 Å². The number of para-hydroxylation sites is 1. The molecule has 1 aromatic carbocycles. The molecule has 0 aliphatic rings. The Labute approximate surface area is 82.8 Å². The normalized spacial score (nSPS) is 13.3. The van der Waals surface area contributed by atoms with E-state index in [4.69, 9.17) is 10.7 Å². The highest BCUT2D eigenvalue weighted by atomic mass is 16.6. The molecule has 1 heterocycles. The molecule has 2 aromatic rings. The van der Waals surface area contributed by atoms with Gasteiger partial charge in [0.1, 0.15) is 0 Å². The molecule has 0 aliphatic heterocycles. The monoisotopic (exact) mass is 190 g/mol. The predicted octanol–water partition coefficient (Wildman–Crippen LogP) is 1.99. The zero-order valence-corrected chi connectivity index (χ0v) is 8.16. The molecule has 1 aromatic heterocycles. The van der Waals surface area contributed by atoms with E-state index in [9.17, 15) is 0 Å². The first-order chi connectivity index (χ1) is 6.81. The van der Waals surface area contributed by atoms with Crippen molar-refractivity contribution in [2.75, 3.05) is 0 Å². The van der Waals surface area contributed by atoms with Crippen LogP contribution in [-0.4, -0.2) is 11.1 Å². The molecule has 0 radical (unpaired) electrons. The molecule has 0 saturated heterocycles. The van der Waals surface area contributed by atoms with E-state index >= 15 is 0 Å². The lowest BCUT2D eigenvalue weighted by molar-refractivity contribution is 0.0673. The van der Waals surface area contributed by atoms with Gasteiger partial charge in [0.2, 0.25) is 0 Å². The van der Waals surface area contributed by atoms with E-state index in [-0.39, 0.29) is 6.10 Å². The Balaban J connectivity index is 2.33. The maximum Gasteiger partial charge on any atom is 0.0800 e. The maximum atomic E-state index is 5.12. The number of hydrogen-bond acceptors (Lipinski definition) is 2. The summed E-state index contributed by atoms with van der Waals surface area (Å²) in [5, 5.41) is 1.25. The summed E-state index contributed by atoms with van der Waals surface area (Å²) in [6.07, 6.45) is 2.90. The Morgan fingerprint density at radius 3 is 3.00 bits per heavy atom. The van der Waals surface area contributed by atoms with Crippen LogP contribution < -0.4 is 5.90 Å². The van der Waals surface area contributed by atoms with Crippen LogP contribution in [0, 0.1) is 0 Å². The minimum absolute atomic E-state index is 0.0502. The Bertz CT molecular complexity index is 422. The van der Waals surface area contributed by atoms with E-state index in [0.717, 1.165) is 11.9 Å². The number of rotatable bonds is 3. The Morgan fingerprint density at radius 2 is 2.21 bits per heavy atom. The summed E-state index contributed by atoms with van der Waals surface area (Å²) >= 11 is 0. The van der Waals surface area contributed by atoms with Gasteiger partial charge in [0, 0.05) is 23.5 Å². The molecule has 14 heavy (non-hydrogen) atoms. The summed E-state index contributed by atoms with van der Waals surface area (Å²) in [5.74, 6) is 5.12. The first-order valence-corrected chi connectivity index (χ1v) is 4.72. The molecule has 0 amide bonds. The van der Waals surface area contributed by atoms with Gasteiger partial charge >= 0.3 is 0 Å². The van der Waals surface area contributed by atoms with Gasteiger partial charge in [0.15, 0.2) is 0 Å². The van der Waals surface area contributed by atoms with Gasteiger partial charge in [-0.05, 0) is 18.6 Å². The topological polar surface area (TPSA) is 51.0 Å². The Morgan fingerprint density at radius 1 is 1.43 bits per heavy atom. The average Bonchev–Trinajstić information content (AvgIpc) is 2.62. The van der Waals surface area contributed by atoms with Crippen molar-refractivity contribution in [1.82, 2.24) is 4.98 Å². The van der Waals surface area contributed by atoms with Crippen LogP contribution in [0.1, 0.15) is 12.5 Å². The largest absolute Gasteiger partial charge is 0.361 e. The zero-order valence-electron chi connectivity index (χ0n) is 8.16. The van der Waals surface area contributed by atoms with Gasteiger partial charge in [-0.15, -0.1) is 0 Å². The molecule has 3 N–H and O–H groups in total. The highest BCUT2D eigenvalue weighted by Gasteiger charge is 2.07. The van der Waals surface area contributed by atoms with E-state index in [1.54, 1.807) is 0 Å². The van der Waals surface area contributed by atoms with Crippen LogP contribution in [0.2, 0.25) is 0 Å². The van der Waals surface area contributed by atoms with Gasteiger partial charge in [-0.1, -0.05) is 18.2 Å². The molecule has 74 valence electrons. The number of hydrogen-bond donors (Lipinski definition) is 2. The van der Waals surface area contributed by atoms with Gasteiger partial charge < -0.3 is 9.82 Å². The molecule has 0 aliphatic carbocycles. The summed E-state index contributed by atoms with van der Waals surface area (Å²) in [4.78, 5) is 7.98. The van der Waals surface area contributed by atoms with Crippen molar-refractivity contribution < 1.29 is 4.84 Å². The number of H-pyrrole nitrogens is 1. The van der Waals surface area contributed by atoms with Crippen LogP contribution in [0.15, 0.2) is 30.5 Å². The smallest absolute Gasteiger partial charge is 0.0800 e. The van der Waals surface area contributed by atoms with Crippen LogP contribution in [-0.2, 0) is 11.3 Å². The second-order valence-corrected chi connectivity index (χ2v) is 3.51. The van der Waals surface area contributed by atoms with E-state index in [2.05, 4.69) is 17.1 Å². The molecule has 3 heteroatoms. The predicted molar refractivity (Wildman–Crippen MR) is 56.7 cm³/mol. The average molecular weight is 190 g/mol. The molecule has 1 unspecified atom stereocenters. The SMILES string of the molecule is CC(Cc1c[nH]c2ccccc12)ON. The lowest BCUT2D eigenvalue weighted by Crippen LogP contribution is -2.15. The van der Waals surface area contributed by atoms with Crippen molar-refractivity contribution in [3.05, 3.63) is 36.0 Å². The Kier molecular flexibility index (Phi) is 2.52. The van der Waals surface area contributed by atoms with E-state index in [1.807, 2.05) is 25.3 Å². The van der Waals surface area contributed by atoms with Crippen molar-refractivity contribution in [2.24, 2.45) is 5.90 Å². The number of aromatic amines is 1. The third kappa shape index (κ3) is 1.64. The lowest BCUT2D eigenvalue weighted by atomic mass is 10.1. The van der Waals surface area contributed by atoms with Crippen LogP contribution in [0.5, 0.6) is 0 Å². The van der Waals surface area contributed by atoms with Crippen molar-refractivity contribution in [2.45, 2.75) is 19.4 Å². The van der Waals surface area contributed by atoms with Gasteiger partial charge in [-0.3, -0.25) is 0 Å². The zero-order chi connectivity index (χ0) is 9.97. The molecule has 0 saturated carbocycles. The van der Waals surface area contributed by atoms with Crippen LogP contribution >= 0.6 is 0 Å². The first kappa shape index (κ1) is 9.24. The van der Waals surface area contributed by atoms with E-state index in [0.29, 0.717) is 0 Å². The quantitative estimate of drug-likeness (QED) is 0.727. The molecule has 0 spiro atoms. The van der Waals surface area contributed by atoms with Gasteiger partial charge in [0.05, 0.1) is 6.10 Å². The van der Waals surface area contributed by atoms with Gasteiger partial charge in [0.25, 0.3) is 0 Å². The maximum absolute atomic E-state index is 5.12. The molecule has 0 fully saturated rings. The number of fused-ring (bicyclic) bond motifs is 1. The summed E-state index contributed by atoms with van der Waals surface area (Å²) in [6.45, 7) is 1.96. The van der Waals surface area contributed by atoms with Crippen molar-refractivity contribution >= 4 is 10.9 Å². The highest BCUT2D eigenvalue weighted by molar-refractivity contribution is 5.83. The summed E-state index contributed by atoms with van der Waals surface area (Å²) in [7, 11) is 0. The minimum atomic E-state index is 0.0502. The molecule has 0 bridgehead atoms. The molecular weight excluding hydrogens is 176 g/mol. The second kappa shape index (κ2) is 3.82. The van der Waals surface area contributed by atoms with Crippen LogP contribution in [0.3, 0.4) is 0 Å². The number of nitrogens with one attached hydrogen (secondary N) is 1. The number of aromatic nitrogens is 1. The summed E-state index contributed by atoms with van der Waals surface area (Å²) in [5.41, 5.74) is 2.41. The second-order valence-electron chi connectivity index (χ2n) is 3.51. The van der Waals surface area contributed by atoms with E-state index in [1.165, 1.54) is 10.9 Å². The van der Waals surface area contributed by atoms with Gasteiger partial charge in [-0.2, -0.15) is 0 Å². The van der Waals surface area contributed by atoms with E-state index < -0.39 is 0 Å². The fourth-order valence-corrected chi connectivity index (χ4v) is 1.66. The molecular formula is C11H14N2O. The number of nitrogens with two attached hydrogens (primary N) is 1. The summed E-state index contributed by atoms with van der Waals surface area (Å²) < 4.78 is 0. The highest BCUT2D eigenvalue weighted by Crippen LogP contribution is 2.19. The first-order valence-electron chi connectivity index (χ1n) is 4.72. The number of benzene rings is 1. The Hall–Kier alpha value is -1.32. The summed E-state index contributed by atoms with van der Waals surface area (Å²) in [6, 6.07) is 8.22. The third-order valence-electron chi connectivity index (χ3n) is 2.41. The molecule has 2 rings (SSSR count). The fraction of sp³-hybridized carbons (Fsp3) is 0.273. The molecule has 3 nitrogen and oxygen atoms in total. The lowest BCUT2D eigenvalue weighted by Gasteiger charge is -2.06. The molecule has 1 atom stereocenters. The third-order valence-corrected chi connectivity index (χ3v) is 2.41. The van der Waals surface area contributed by atoms with Crippen LogP contribution in [0.4, 0.5) is 0 Å². The minimum Gasteiger partial charge on any atom is -0.361 e.